The molecule has 0 amide bonds. The van der Waals surface area contributed by atoms with Gasteiger partial charge in [-0.05, 0) is 109 Å². The molecule has 1 saturated carbocycles. The fourth-order valence-corrected chi connectivity index (χ4v) is 10.5. The molecule has 5 atom stereocenters. The molecule has 4 heterocycles. The maximum absolute atomic E-state index is 12.4. The number of aliphatic carboxylic acids is 1. The third-order valence-electron chi connectivity index (χ3n) is 11.5. The van der Waals surface area contributed by atoms with E-state index in [0.29, 0.717) is 32.8 Å². The molecule has 0 bridgehead atoms. The van der Waals surface area contributed by atoms with Crippen molar-refractivity contribution in [2.45, 2.75) is 74.7 Å². The summed E-state index contributed by atoms with van der Waals surface area (Å²) in [6, 6.07) is 20.2. The van der Waals surface area contributed by atoms with Crippen LogP contribution < -0.4 is 10.9 Å². The number of phenols is 1. The van der Waals surface area contributed by atoms with Crippen LogP contribution in [0.2, 0.25) is 0 Å². The molecule has 0 saturated heterocycles. The van der Waals surface area contributed by atoms with Gasteiger partial charge in [-0.2, -0.15) is 0 Å². The SMILES string of the molecule is CCC(CCNC[C@H](O)c1ccc(O)c2[nH]c(=O)ccc12)(c1c[nH]c2ccccc12)N(C)[C@@H]1CCC[C@@H](c2csc(C(O)(C(=O)O)c3cccs3)c2)C1. The number of aromatic amines is 2. The van der Waals surface area contributed by atoms with E-state index >= 15 is 0 Å². The Hall–Kier alpha value is -4.30. The van der Waals surface area contributed by atoms with Crippen molar-refractivity contribution in [2.75, 3.05) is 20.1 Å². The molecule has 53 heavy (non-hydrogen) atoms. The summed E-state index contributed by atoms with van der Waals surface area (Å²) in [5, 5.41) is 52.3. The quantitative estimate of drug-likeness (QED) is 0.0578. The number of hydrogen-bond donors (Lipinski definition) is 7. The number of aromatic nitrogens is 2. The van der Waals surface area contributed by atoms with Crippen molar-refractivity contribution in [2.24, 2.45) is 0 Å². The second-order valence-electron chi connectivity index (χ2n) is 14.3. The molecule has 12 heteroatoms. The Bertz CT molecular complexity index is 2260. The number of aromatic hydroxyl groups is 1. The third-order valence-corrected chi connectivity index (χ3v) is 13.5. The molecule has 0 spiro atoms. The predicted molar refractivity (Wildman–Crippen MR) is 211 cm³/mol. The highest BCUT2D eigenvalue weighted by Crippen LogP contribution is 2.46. The van der Waals surface area contributed by atoms with E-state index in [1.165, 1.54) is 45.8 Å². The molecule has 1 fully saturated rings. The van der Waals surface area contributed by atoms with Crippen molar-refractivity contribution >= 4 is 50.4 Å². The Labute approximate surface area is 315 Å². The summed E-state index contributed by atoms with van der Waals surface area (Å²) in [5.41, 5.74) is 1.59. The van der Waals surface area contributed by atoms with Crippen LogP contribution in [-0.2, 0) is 15.9 Å². The van der Waals surface area contributed by atoms with E-state index in [4.69, 9.17) is 0 Å². The van der Waals surface area contributed by atoms with Crippen molar-refractivity contribution in [3.63, 3.8) is 0 Å². The van der Waals surface area contributed by atoms with Gasteiger partial charge in [0.1, 0.15) is 5.75 Å². The van der Waals surface area contributed by atoms with E-state index < -0.39 is 17.7 Å². The smallest absolute Gasteiger partial charge is 0.346 e. The average molecular weight is 755 g/mol. The lowest BCUT2D eigenvalue weighted by Crippen LogP contribution is -2.51. The number of hydrogen-bond acceptors (Lipinski definition) is 9. The summed E-state index contributed by atoms with van der Waals surface area (Å²) >= 11 is 2.56. The Kier molecular flexibility index (Phi) is 10.6. The van der Waals surface area contributed by atoms with Gasteiger partial charge in [-0.3, -0.25) is 9.69 Å². The average Bonchev–Trinajstić information content (AvgIpc) is 3.98. The number of aliphatic hydroxyl groups excluding tert-OH is 1. The van der Waals surface area contributed by atoms with E-state index in [-0.39, 0.29) is 35.4 Å². The topological polar surface area (TPSA) is 162 Å². The van der Waals surface area contributed by atoms with Crippen LogP contribution in [0.5, 0.6) is 5.75 Å². The van der Waals surface area contributed by atoms with Crippen LogP contribution in [-0.4, -0.2) is 67.4 Å². The fraction of sp³-hybridized carbons (Fsp3) is 0.366. The summed E-state index contributed by atoms with van der Waals surface area (Å²) in [7, 11) is 2.23. The highest BCUT2D eigenvalue weighted by atomic mass is 32.1. The van der Waals surface area contributed by atoms with Gasteiger partial charge in [-0.1, -0.05) is 43.7 Å². The second-order valence-corrected chi connectivity index (χ2v) is 16.1. The molecule has 2 aromatic carbocycles. The standard InChI is InChI=1S/C41H46N4O6S2/c1-3-40(31-22-43-32-11-5-4-10-30(31)32,17-18-42-23-34(47)28-13-15-33(46)38-29(28)14-16-37(48)44-38)45(2)27-9-6-8-25(20-27)26-21-36(53-24-26)41(51,39(49)50)35-12-7-19-52-35/h4-5,7,10-16,19,21-22,24-25,27,34,42-43,46-47,51H,3,6,8-9,17-18,20,23H2,1-2H3,(H,44,48)(H,49,50)/t25-,27-,34+,40?,41?/m1/s1. The molecule has 1 aliphatic rings. The van der Waals surface area contributed by atoms with Crippen molar-refractivity contribution < 1.29 is 25.2 Å². The van der Waals surface area contributed by atoms with Gasteiger partial charge in [0.05, 0.1) is 21.4 Å². The first-order valence-corrected chi connectivity index (χ1v) is 19.9. The summed E-state index contributed by atoms with van der Waals surface area (Å²) in [6.07, 6.45) is 6.87. The normalized spacial score (nSPS) is 19.3. The van der Waals surface area contributed by atoms with Gasteiger partial charge in [-0.25, -0.2) is 4.79 Å². The van der Waals surface area contributed by atoms with Crippen LogP contribution in [0.1, 0.15) is 83.9 Å². The van der Waals surface area contributed by atoms with Gasteiger partial charge in [0.2, 0.25) is 11.2 Å². The van der Waals surface area contributed by atoms with E-state index in [0.717, 1.165) is 49.6 Å². The largest absolute Gasteiger partial charge is 0.506 e. The molecular weight excluding hydrogens is 709 g/mol. The molecule has 2 unspecified atom stereocenters. The van der Waals surface area contributed by atoms with Gasteiger partial charge in [-0.15, -0.1) is 22.7 Å². The molecular formula is C41H46N4O6S2. The number of nitrogens with one attached hydrogen (secondary N) is 3. The molecule has 7 rings (SSSR count). The van der Waals surface area contributed by atoms with Crippen LogP contribution in [0.3, 0.4) is 0 Å². The molecule has 6 aromatic rings. The van der Waals surface area contributed by atoms with Gasteiger partial charge in [0.15, 0.2) is 0 Å². The van der Waals surface area contributed by atoms with Crippen molar-refractivity contribution in [3.05, 3.63) is 120 Å². The third kappa shape index (κ3) is 6.84. The number of pyridine rings is 1. The van der Waals surface area contributed by atoms with E-state index in [9.17, 15) is 30.0 Å². The highest BCUT2D eigenvalue weighted by molar-refractivity contribution is 7.12. The maximum atomic E-state index is 12.4. The number of fused-ring (bicyclic) bond motifs is 2. The first-order valence-electron chi connectivity index (χ1n) is 18.2. The predicted octanol–water partition coefficient (Wildman–Crippen LogP) is 7.14. The molecule has 1 aliphatic carbocycles. The number of thiophene rings is 2. The Balaban J connectivity index is 1.12. The number of phenolic OH excluding ortho intramolecular Hbond substituents is 1. The summed E-state index contributed by atoms with van der Waals surface area (Å²) < 4.78 is 0. The molecule has 4 aromatic heterocycles. The minimum atomic E-state index is -2.07. The van der Waals surface area contributed by atoms with Gasteiger partial charge >= 0.3 is 5.97 Å². The zero-order chi connectivity index (χ0) is 37.3. The monoisotopic (exact) mass is 754 g/mol. The number of para-hydroxylation sites is 1. The zero-order valence-corrected chi connectivity index (χ0v) is 31.5. The lowest BCUT2D eigenvalue weighted by atomic mass is 9.76. The maximum Gasteiger partial charge on any atom is 0.346 e. The molecule has 278 valence electrons. The minimum Gasteiger partial charge on any atom is -0.506 e. The van der Waals surface area contributed by atoms with Crippen LogP contribution >= 0.6 is 22.7 Å². The second kappa shape index (κ2) is 15.2. The molecule has 0 radical (unpaired) electrons. The van der Waals surface area contributed by atoms with Crippen molar-refractivity contribution in [1.82, 2.24) is 20.2 Å². The Morgan fingerprint density at radius 2 is 1.89 bits per heavy atom. The highest BCUT2D eigenvalue weighted by Gasteiger charge is 2.44. The van der Waals surface area contributed by atoms with Crippen molar-refractivity contribution in [3.8, 4) is 5.75 Å². The number of benzene rings is 2. The minimum absolute atomic E-state index is 0.0411. The lowest BCUT2D eigenvalue weighted by Gasteiger charge is -2.48. The van der Waals surface area contributed by atoms with Crippen LogP contribution in [0.25, 0.3) is 21.8 Å². The first-order chi connectivity index (χ1) is 25.6. The zero-order valence-electron chi connectivity index (χ0n) is 29.8. The Morgan fingerprint density at radius 3 is 2.66 bits per heavy atom. The summed E-state index contributed by atoms with van der Waals surface area (Å²) in [5.74, 6) is -1.08. The molecule has 10 nitrogen and oxygen atoms in total. The van der Waals surface area contributed by atoms with E-state index in [1.54, 1.807) is 29.6 Å². The fourth-order valence-electron chi connectivity index (χ4n) is 8.51. The summed E-state index contributed by atoms with van der Waals surface area (Å²) in [6.45, 7) is 3.15. The van der Waals surface area contributed by atoms with Gasteiger partial charge in [0.25, 0.3) is 0 Å². The van der Waals surface area contributed by atoms with Gasteiger partial charge < -0.3 is 35.7 Å². The molecule has 7 N–H and O–H groups in total. The number of rotatable bonds is 14. The van der Waals surface area contributed by atoms with Crippen LogP contribution in [0.15, 0.2) is 88.5 Å². The first kappa shape index (κ1) is 37.0. The summed E-state index contributed by atoms with van der Waals surface area (Å²) in [4.78, 5) is 33.9. The lowest BCUT2D eigenvalue weighted by molar-refractivity contribution is -0.154. The number of carbonyl (C=O) groups is 1. The van der Waals surface area contributed by atoms with E-state index in [2.05, 4.69) is 58.6 Å². The number of nitrogens with zero attached hydrogens (tertiary/aromatic N) is 1. The molecule has 0 aliphatic heterocycles. The Morgan fingerprint density at radius 1 is 1.06 bits per heavy atom. The number of aliphatic hydroxyl groups is 2. The number of carboxylic acid groups (broad SMARTS) is 1. The van der Waals surface area contributed by atoms with Crippen molar-refractivity contribution in [1.29, 1.82) is 0 Å². The van der Waals surface area contributed by atoms with E-state index in [1.807, 2.05) is 17.5 Å². The number of H-pyrrole nitrogens is 2. The number of carboxylic acids is 1. The van der Waals surface area contributed by atoms with Crippen LogP contribution in [0.4, 0.5) is 0 Å². The van der Waals surface area contributed by atoms with Gasteiger partial charge in [0, 0.05) is 46.7 Å². The van der Waals surface area contributed by atoms with Crippen LogP contribution in [0, 0.1) is 0 Å².